The van der Waals surface area contributed by atoms with Gasteiger partial charge < -0.3 is 10.2 Å². The van der Waals surface area contributed by atoms with Crippen LogP contribution in [0.15, 0.2) is 24.3 Å². The third-order valence-corrected chi connectivity index (χ3v) is 8.28. The van der Waals surface area contributed by atoms with E-state index in [1.54, 1.807) is 0 Å². The Hall–Kier alpha value is -1.61. The van der Waals surface area contributed by atoms with Gasteiger partial charge in [-0.1, -0.05) is 79.7 Å². The van der Waals surface area contributed by atoms with Gasteiger partial charge in [-0.05, 0) is 84.7 Å². The van der Waals surface area contributed by atoms with Gasteiger partial charge in [-0.2, -0.15) is 0 Å². The van der Waals surface area contributed by atoms with Gasteiger partial charge in [-0.25, -0.2) is 0 Å². The Kier molecular flexibility index (Phi) is 9.79. The Bertz CT molecular complexity index is 801. The summed E-state index contributed by atoms with van der Waals surface area (Å²) in [6, 6.07) is 8.79. The lowest BCUT2D eigenvalue weighted by molar-refractivity contribution is 0.461. The van der Waals surface area contributed by atoms with E-state index >= 15 is 0 Å². The van der Waals surface area contributed by atoms with Gasteiger partial charge in [0, 0.05) is 9.49 Å². The third-order valence-electron chi connectivity index (χ3n) is 6.76. The molecule has 184 valence electrons. The molecule has 0 spiro atoms. The molecule has 2 nitrogen and oxygen atoms in total. The Labute approximate surface area is 207 Å². The first-order valence-electron chi connectivity index (χ1n) is 12.8. The number of rotatable bonds is 12. The summed E-state index contributed by atoms with van der Waals surface area (Å²) in [4.78, 5) is 0. The average molecular weight is 471 g/mol. The molecule has 0 saturated heterocycles. The molecule has 0 radical (unpaired) electrons. The van der Waals surface area contributed by atoms with Crippen molar-refractivity contribution in [2.75, 3.05) is 0 Å². The first-order valence-corrected chi connectivity index (χ1v) is 13.6. The van der Waals surface area contributed by atoms with Gasteiger partial charge in [-0.15, -0.1) is 11.8 Å². The molecule has 0 unspecified atom stereocenters. The van der Waals surface area contributed by atoms with Gasteiger partial charge >= 0.3 is 0 Å². The maximum atomic E-state index is 10.4. The Morgan fingerprint density at radius 2 is 0.848 bits per heavy atom. The smallest absolute Gasteiger partial charge is 0.121 e. The second-order valence-electron chi connectivity index (χ2n) is 10.6. The molecule has 0 aliphatic carbocycles. The topological polar surface area (TPSA) is 40.5 Å². The molecule has 0 aliphatic heterocycles. The second-order valence-corrected chi connectivity index (χ2v) is 13.0. The Balaban J connectivity index is 2.04. The predicted molar refractivity (Wildman–Crippen MR) is 146 cm³/mol. The van der Waals surface area contributed by atoms with E-state index in [4.69, 9.17) is 0 Å². The van der Waals surface area contributed by atoms with E-state index in [1.807, 2.05) is 0 Å². The number of aryl methyl sites for hydroxylation is 6. The van der Waals surface area contributed by atoms with Crippen molar-refractivity contribution in [3.8, 4) is 11.5 Å². The highest BCUT2D eigenvalue weighted by Gasteiger charge is 2.29. The number of hydrogen-bond acceptors (Lipinski definition) is 3. The number of phenolic OH excluding ortho intramolecular Hbond substituents is 2. The van der Waals surface area contributed by atoms with Crippen molar-refractivity contribution in [3.63, 3.8) is 0 Å². The van der Waals surface area contributed by atoms with E-state index in [2.05, 4.69) is 91.4 Å². The summed E-state index contributed by atoms with van der Waals surface area (Å²) >= 11 is 2.09. The summed E-state index contributed by atoms with van der Waals surface area (Å²) in [5.74, 6) is 0.982. The highest BCUT2D eigenvalue weighted by Crippen LogP contribution is 2.42. The zero-order valence-corrected chi connectivity index (χ0v) is 23.1. The summed E-state index contributed by atoms with van der Waals surface area (Å²) in [7, 11) is 0. The van der Waals surface area contributed by atoms with Crippen LogP contribution in [-0.2, 0) is 38.5 Å². The summed E-state index contributed by atoms with van der Waals surface area (Å²) < 4.78 is 0.330. The molecule has 0 saturated carbocycles. The van der Waals surface area contributed by atoms with Crippen LogP contribution in [0.4, 0.5) is 0 Å². The van der Waals surface area contributed by atoms with Gasteiger partial charge in [0.2, 0.25) is 0 Å². The van der Waals surface area contributed by atoms with Crippen molar-refractivity contribution in [3.05, 3.63) is 57.6 Å². The second kappa shape index (κ2) is 11.7. The van der Waals surface area contributed by atoms with Crippen LogP contribution in [0.2, 0.25) is 0 Å². The van der Waals surface area contributed by atoms with Crippen LogP contribution in [0.1, 0.15) is 102 Å². The van der Waals surface area contributed by atoms with Gasteiger partial charge in [0.05, 0.1) is 0 Å². The number of phenols is 2. The van der Waals surface area contributed by atoms with Crippen LogP contribution >= 0.6 is 11.8 Å². The molecule has 0 atom stereocenters. The van der Waals surface area contributed by atoms with Crippen molar-refractivity contribution >= 4 is 11.8 Å². The van der Waals surface area contributed by atoms with E-state index in [9.17, 15) is 10.2 Å². The maximum Gasteiger partial charge on any atom is 0.121 e. The van der Waals surface area contributed by atoms with Gasteiger partial charge in [-0.3, -0.25) is 0 Å². The van der Waals surface area contributed by atoms with E-state index in [1.165, 1.54) is 11.1 Å². The summed E-state index contributed by atoms with van der Waals surface area (Å²) in [6.07, 6.45) is 7.77. The molecule has 0 bridgehead atoms. The van der Waals surface area contributed by atoms with Crippen LogP contribution in [0.25, 0.3) is 0 Å². The number of hydrogen-bond donors (Lipinski definition) is 2. The lowest BCUT2D eigenvalue weighted by atomic mass is 9.95. The monoisotopic (exact) mass is 470 g/mol. The first-order chi connectivity index (χ1) is 15.4. The number of thioether (sulfide) groups is 1. The molecule has 2 aromatic rings. The zero-order chi connectivity index (χ0) is 24.8. The van der Waals surface area contributed by atoms with Gasteiger partial charge in [0.15, 0.2) is 0 Å². The summed E-state index contributed by atoms with van der Waals surface area (Å²) in [6.45, 7) is 17.9. The third kappa shape index (κ3) is 7.70. The van der Waals surface area contributed by atoms with Crippen molar-refractivity contribution in [1.82, 2.24) is 0 Å². The Morgan fingerprint density at radius 3 is 1.09 bits per heavy atom. The van der Waals surface area contributed by atoms with Crippen molar-refractivity contribution < 1.29 is 10.2 Å². The zero-order valence-electron chi connectivity index (χ0n) is 22.3. The van der Waals surface area contributed by atoms with E-state index < -0.39 is 0 Å². The minimum absolute atomic E-state index is 0.165. The fourth-order valence-electron chi connectivity index (χ4n) is 4.77. The minimum atomic E-state index is 0.165. The molecule has 0 fully saturated rings. The fraction of sp³-hybridized carbons (Fsp3) is 0.600. The molecule has 0 aliphatic rings. The molecular weight excluding hydrogens is 424 g/mol. The van der Waals surface area contributed by atoms with Crippen molar-refractivity contribution in [2.45, 2.75) is 116 Å². The number of benzene rings is 2. The van der Waals surface area contributed by atoms with Crippen LogP contribution in [0, 0.1) is 0 Å². The molecule has 0 aromatic heterocycles. The Morgan fingerprint density at radius 1 is 0.576 bits per heavy atom. The molecule has 2 aromatic carbocycles. The molecule has 33 heavy (non-hydrogen) atoms. The highest BCUT2D eigenvalue weighted by atomic mass is 32.2. The predicted octanol–water partition coefficient (Wildman–Crippen LogP) is 8.20. The molecule has 2 rings (SSSR count). The standard InChI is InChI=1S/C30H46O2S/c1-9-23-17-21(18-24(10-2)27(23)31)13-15-29(5,6)33-30(7,8)16-14-22-19-25(11-3)28(32)26(12-4)20-22/h17-20,31-32H,9-16H2,1-8H3. The molecular formula is C30H46O2S. The van der Waals surface area contributed by atoms with Crippen LogP contribution < -0.4 is 0 Å². The SMILES string of the molecule is CCc1cc(CCC(C)(C)SC(C)(C)CCc2cc(CC)c(O)c(CC)c2)cc(CC)c1O. The lowest BCUT2D eigenvalue weighted by Gasteiger charge is -2.35. The lowest BCUT2D eigenvalue weighted by Crippen LogP contribution is -2.27. The number of aromatic hydroxyl groups is 2. The van der Waals surface area contributed by atoms with Crippen LogP contribution in [0.3, 0.4) is 0 Å². The molecule has 0 amide bonds. The summed E-state index contributed by atoms with van der Waals surface area (Å²) in [5, 5.41) is 20.8. The quantitative estimate of drug-likeness (QED) is 0.328. The van der Waals surface area contributed by atoms with Crippen molar-refractivity contribution in [1.29, 1.82) is 0 Å². The van der Waals surface area contributed by atoms with E-state index in [-0.39, 0.29) is 9.49 Å². The minimum Gasteiger partial charge on any atom is -0.507 e. The molecule has 2 N–H and O–H groups in total. The highest BCUT2D eigenvalue weighted by molar-refractivity contribution is 8.01. The molecule has 0 heterocycles. The van der Waals surface area contributed by atoms with Crippen LogP contribution in [-0.4, -0.2) is 19.7 Å². The van der Waals surface area contributed by atoms with Crippen LogP contribution in [0.5, 0.6) is 11.5 Å². The normalized spacial score (nSPS) is 12.4. The maximum absolute atomic E-state index is 10.4. The van der Waals surface area contributed by atoms with Gasteiger partial charge in [0.25, 0.3) is 0 Å². The fourth-order valence-corrected chi connectivity index (χ4v) is 6.68. The largest absolute Gasteiger partial charge is 0.507 e. The van der Waals surface area contributed by atoms with E-state index in [0.717, 1.165) is 73.6 Å². The molecule has 3 heteroatoms. The average Bonchev–Trinajstić information content (AvgIpc) is 2.76. The van der Waals surface area contributed by atoms with E-state index in [0.29, 0.717) is 11.5 Å². The van der Waals surface area contributed by atoms with Crippen molar-refractivity contribution in [2.24, 2.45) is 0 Å². The summed E-state index contributed by atoms with van der Waals surface area (Å²) in [5.41, 5.74) is 6.97. The first kappa shape index (κ1) is 27.6. The van der Waals surface area contributed by atoms with Gasteiger partial charge in [0.1, 0.15) is 11.5 Å².